The molecule has 1 amide bonds. The highest BCUT2D eigenvalue weighted by Crippen LogP contribution is 2.30. The fourth-order valence-electron chi connectivity index (χ4n) is 3.16. The Balaban J connectivity index is 1.58. The average Bonchev–Trinajstić information content (AvgIpc) is 3.16. The van der Waals surface area contributed by atoms with Gasteiger partial charge in [-0.25, -0.2) is 4.98 Å². The molecule has 0 radical (unpaired) electrons. The SMILES string of the molecule is CSc1ccc(-c2nc3cnccn3c2NNc2ccc(C(=O)NC(C)C)cc2)cc1. The third-order valence-electron chi connectivity index (χ3n) is 4.69. The van der Waals surface area contributed by atoms with Crippen molar-refractivity contribution in [3.63, 3.8) is 0 Å². The summed E-state index contributed by atoms with van der Waals surface area (Å²) in [6.45, 7) is 3.88. The van der Waals surface area contributed by atoms with E-state index in [1.807, 2.05) is 36.6 Å². The first-order valence-corrected chi connectivity index (χ1v) is 11.2. The molecule has 4 aromatic rings. The zero-order valence-electron chi connectivity index (χ0n) is 17.6. The van der Waals surface area contributed by atoms with Crippen molar-refractivity contribution >= 4 is 34.8 Å². The van der Waals surface area contributed by atoms with Gasteiger partial charge in [-0.1, -0.05) is 12.1 Å². The summed E-state index contributed by atoms with van der Waals surface area (Å²) in [4.78, 5) is 22.3. The smallest absolute Gasteiger partial charge is 0.251 e. The van der Waals surface area contributed by atoms with E-state index in [0.717, 1.165) is 28.4 Å². The van der Waals surface area contributed by atoms with Crippen molar-refractivity contribution in [1.82, 2.24) is 19.7 Å². The fourth-order valence-corrected chi connectivity index (χ4v) is 3.57. The molecule has 2 aromatic heterocycles. The van der Waals surface area contributed by atoms with Crippen LogP contribution in [0.15, 0.2) is 72.0 Å². The number of carbonyl (C=O) groups excluding carboxylic acids is 1. The van der Waals surface area contributed by atoms with Gasteiger partial charge in [0.25, 0.3) is 5.91 Å². The van der Waals surface area contributed by atoms with Gasteiger partial charge in [-0.15, -0.1) is 11.8 Å². The van der Waals surface area contributed by atoms with Crippen LogP contribution in [0, 0.1) is 0 Å². The fraction of sp³-hybridized carbons (Fsp3) is 0.174. The van der Waals surface area contributed by atoms with Gasteiger partial charge in [-0.3, -0.25) is 25.0 Å². The van der Waals surface area contributed by atoms with Gasteiger partial charge in [0.2, 0.25) is 0 Å². The number of amides is 1. The number of hydrogen-bond acceptors (Lipinski definition) is 6. The molecule has 0 spiro atoms. The molecule has 0 saturated carbocycles. The number of aromatic nitrogens is 3. The molecular weight excluding hydrogens is 408 g/mol. The number of nitrogens with zero attached hydrogens (tertiary/aromatic N) is 3. The normalized spacial score (nSPS) is 11.0. The maximum atomic E-state index is 12.1. The minimum atomic E-state index is -0.0835. The number of fused-ring (bicyclic) bond motifs is 1. The molecule has 0 aliphatic carbocycles. The van der Waals surface area contributed by atoms with Crippen LogP contribution in [0.2, 0.25) is 0 Å². The van der Waals surface area contributed by atoms with Gasteiger partial charge in [-0.2, -0.15) is 0 Å². The van der Waals surface area contributed by atoms with E-state index in [-0.39, 0.29) is 11.9 Å². The highest BCUT2D eigenvalue weighted by atomic mass is 32.2. The lowest BCUT2D eigenvalue weighted by molar-refractivity contribution is 0.0943. The van der Waals surface area contributed by atoms with Gasteiger partial charge in [0.1, 0.15) is 5.69 Å². The van der Waals surface area contributed by atoms with Crippen molar-refractivity contribution in [3.05, 3.63) is 72.7 Å². The Bertz CT molecular complexity index is 1190. The Labute approximate surface area is 185 Å². The lowest BCUT2D eigenvalue weighted by atomic mass is 10.1. The predicted molar refractivity (Wildman–Crippen MR) is 126 cm³/mol. The number of anilines is 2. The molecule has 158 valence electrons. The number of benzene rings is 2. The summed E-state index contributed by atoms with van der Waals surface area (Å²) in [5, 5.41) is 2.89. The standard InChI is InChI=1S/C23H24N6OS/c1-15(2)25-23(30)17-4-8-18(9-5-17)27-28-22-21(16-6-10-19(31-3)11-7-16)26-20-14-24-12-13-29(20)22/h4-15,27-28H,1-3H3,(H,25,30). The van der Waals surface area contributed by atoms with E-state index in [4.69, 9.17) is 4.98 Å². The lowest BCUT2D eigenvalue weighted by Gasteiger charge is -2.12. The zero-order valence-corrected chi connectivity index (χ0v) is 18.4. The molecule has 0 saturated heterocycles. The van der Waals surface area contributed by atoms with Crippen molar-refractivity contribution in [2.45, 2.75) is 24.8 Å². The minimum Gasteiger partial charge on any atom is -0.350 e. The quantitative estimate of drug-likeness (QED) is 0.290. The Hall–Kier alpha value is -3.52. The van der Waals surface area contributed by atoms with Crippen LogP contribution < -0.4 is 16.2 Å². The molecule has 4 rings (SSSR count). The van der Waals surface area contributed by atoms with Crippen LogP contribution in [0.3, 0.4) is 0 Å². The van der Waals surface area contributed by atoms with E-state index in [1.165, 1.54) is 4.90 Å². The minimum absolute atomic E-state index is 0.0835. The van der Waals surface area contributed by atoms with Gasteiger partial charge in [0, 0.05) is 34.5 Å². The van der Waals surface area contributed by atoms with E-state index in [9.17, 15) is 4.79 Å². The second-order valence-corrected chi connectivity index (χ2v) is 8.18. The van der Waals surface area contributed by atoms with E-state index >= 15 is 0 Å². The third kappa shape index (κ3) is 4.64. The first kappa shape index (κ1) is 20.7. The number of imidazole rings is 1. The summed E-state index contributed by atoms with van der Waals surface area (Å²) >= 11 is 1.70. The van der Waals surface area contributed by atoms with Crippen LogP contribution in [0.4, 0.5) is 11.5 Å². The van der Waals surface area contributed by atoms with E-state index in [2.05, 4.69) is 51.7 Å². The number of nitrogens with one attached hydrogen (secondary N) is 3. The Kier molecular flexibility index (Phi) is 6.08. The lowest BCUT2D eigenvalue weighted by Crippen LogP contribution is -2.30. The van der Waals surface area contributed by atoms with E-state index in [0.29, 0.717) is 5.56 Å². The third-order valence-corrected chi connectivity index (χ3v) is 5.43. The summed E-state index contributed by atoms with van der Waals surface area (Å²) in [6.07, 6.45) is 7.38. The largest absolute Gasteiger partial charge is 0.350 e. The van der Waals surface area contributed by atoms with Crippen LogP contribution in [-0.2, 0) is 0 Å². The van der Waals surface area contributed by atoms with Crippen LogP contribution in [0.5, 0.6) is 0 Å². The van der Waals surface area contributed by atoms with Crippen molar-refractivity contribution in [2.24, 2.45) is 0 Å². The topological polar surface area (TPSA) is 83.3 Å². The second-order valence-electron chi connectivity index (χ2n) is 7.30. The van der Waals surface area contributed by atoms with Crippen LogP contribution in [0.25, 0.3) is 16.9 Å². The molecule has 31 heavy (non-hydrogen) atoms. The first-order valence-electron chi connectivity index (χ1n) is 9.94. The van der Waals surface area contributed by atoms with Crippen molar-refractivity contribution in [2.75, 3.05) is 17.1 Å². The Morgan fingerprint density at radius 1 is 1.03 bits per heavy atom. The number of thioether (sulfide) groups is 1. The van der Waals surface area contributed by atoms with Crippen molar-refractivity contribution in [1.29, 1.82) is 0 Å². The molecule has 2 heterocycles. The molecule has 0 atom stereocenters. The van der Waals surface area contributed by atoms with Gasteiger partial charge >= 0.3 is 0 Å². The maximum absolute atomic E-state index is 12.1. The molecule has 8 heteroatoms. The molecular formula is C23H24N6OS. The molecule has 0 aliphatic rings. The first-order chi connectivity index (χ1) is 15.0. The highest BCUT2D eigenvalue weighted by molar-refractivity contribution is 7.98. The van der Waals surface area contributed by atoms with Crippen LogP contribution in [-0.4, -0.2) is 32.6 Å². The Morgan fingerprint density at radius 3 is 2.45 bits per heavy atom. The number of hydrogen-bond donors (Lipinski definition) is 3. The summed E-state index contributed by atoms with van der Waals surface area (Å²) in [7, 11) is 0. The summed E-state index contributed by atoms with van der Waals surface area (Å²) in [5.41, 5.74) is 10.5. The van der Waals surface area contributed by atoms with Crippen molar-refractivity contribution in [3.8, 4) is 11.3 Å². The zero-order chi connectivity index (χ0) is 21.8. The Morgan fingerprint density at radius 2 is 1.77 bits per heavy atom. The number of rotatable bonds is 7. The van der Waals surface area contributed by atoms with E-state index < -0.39 is 0 Å². The van der Waals surface area contributed by atoms with Crippen LogP contribution in [0.1, 0.15) is 24.2 Å². The molecule has 3 N–H and O–H groups in total. The van der Waals surface area contributed by atoms with Gasteiger partial charge in [0.05, 0.1) is 11.9 Å². The van der Waals surface area contributed by atoms with E-state index in [1.54, 1.807) is 36.3 Å². The monoisotopic (exact) mass is 432 g/mol. The van der Waals surface area contributed by atoms with Crippen LogP contribution >= 0.6 is 11.8 Å². The second kappa shape index (κ2) is 9.09. The molecule has 7 nitrogen and oxygen atoms in total. The van der Waals surface area contributed by atoms with Crippen molar-refractivity contribution < 1.29 is 4.79 Å². The average molecular weight is 433 g/mol. The highest BCUT2D eigenvalue weighted by Gasteiger charge is 2.14. The molecule has 0 bridgehead atoms. The molecule has 0 aliphatic heterocycles. The maximum Gasteiger partial charge on any atom is 0.251 e. The number of carbonyl (C=O) groups is 1. The molecule has 0 fully saturated rings. The molecule has 2 aromatic carbocycles. The summed E-state index contributed by atoms with van der Waals surface area (Å²) in [6, 6.07) is 15.7. The summed E-state index contributed by atoms with van der Waals surface area (Å²) < 4.78 is 1.95. The van der Waals surface area contributed by atoms with Gasteiger partial charge in [-0.05, 0) is 56.5 Å². The van der Waals surface area contributed by atoms with Gasteiger partial charge < -0.3 is 5.32 Å². The number of hydrazine groups is 1. The summed E-state index contributed by atoms with van der Waals surface area (Å²) in [5.74, 6) is 0.718. The predicted octanol–water partition coefficient (Wildman–Crippen LogP) is 4.70. The molecule has 0 unspecified atom stereocenters. The van der Waals surface area contributed by atoms with Gasteiger partial charge in [0.15, 0.2) is 11.5 Å².